The summed E-state index contributed by atoms with van der Waals surface area (Å²) >= 11 is 0. The molecule has 29 heavy (non-hydrogen) atoms. The van der Waals surface area contributed by atoms with Crippen LogP contribution in [0.4, 0.5) is 5.82 Å². The molecule has 144 valence electrons. The predicted molar refractivity (Wildman–Crippen MR) is 105 cm³/mol. The Morgan fingerprint density at radius 2 is 1.90 bits per heavy atom. The van der Waals surface area contributed by atoms with Gasteiger partial charge in [-0.05, 0) is 42.0 Å². The Morgan fingerprint density at radius 3 is 2.76 bits per heavy atom. The summed E-state index contributed by atoms with van der Waals surface area (Å²) in [5, 5.41) is 15.1. The monoisotopic (exact) mass is 388 g/mol. The Balaban J connectivity index is 1.45. The zero-order chi connectivity index (χ0) is 20.2. The molecule has 0 aliphatic rings. The number of carbonyl (C=O) groups excluding carboxylic acids is 2. The van der Waals surface area contributed by atoms with Crippen molar-refractivity contribution >= 4 is 28.7 Å². The lowest BCUT2D eigenvalue weighted by Gasteiger charge is -2.09. The highest BCUT2D eigenvalue weighted by atomic mass is 16.3. The van der Waals surface area contributed by atoms with Crippen molar-refractivity contribution in [2.24, 2.45) is 0 Å². The molecule has 4 N–H and O–H groups in total. The number of para-hydroxylation sites is 1. The van der Waals surface area contributed by atoms with Gasteiger partial charge in [-0.1, -0.05) is 6.07 Å². The molecule has 0 saturated heterocycles. The molecule has 9 heteroatoms. The second-order valence-corrected chi connectivity index (χ2v) is 6.16. The van der Waals surface area contributed by atoms with Crippen molar-refractivity contribution in [3.05, 3.63) is 78.0 Å². The van der Waals surface area contributed by atoms with Gasteiger partial charge < -0.3 is 20.7 Å². The maximum Gasteiger partial charge on any atom is 0.273 e. The van der Waals surface area contributed by atoms with Crippen LogP contribution in [0.25, 0.3) is 11.0 Å². The van der Waals surface area contributed by atoms with E-state index in [4.69, 9.17) is 0 Å². The van der Waals surface area contributed by atoms with Gasteiger partial charge in [0.1, 0.15) is 17.1 Å². The molecular weight excluding hydrogens is 372 g/mol. The van der Waals surface area contributed by atoms with Crippen LogP contribution in [0.5, 0.6) is 5.75 Å². The Labute approximate surface area is 164 Å². The molecule has 0 saturated carbocycles. The lowest BCUT2D eigenvalue weighted by molar-refractivity contribution is 0.0942. The van der Waals surface area contributed by atoms with Gasteiger partial charge in [0, 0.05) is 18.9 Å². The van der Waals surface area contributed by atoms with E-state index in [0.29, 0.717) is 16.9 Å². The van der Waals surface area contributed by atoms with E-state index in [2.05, 4.69) is 30.6 Å². The number of hydrogen-bond donors (Lipinski definition) is 4. The number of aromatic nitrogens is 4. The van der Waals surface area contributed by atoms with Crippen LogP contribution in [-0.4, -0.2) is 36.9 Å². The normalized spacial score (nSPS) is 10.6. The summed E-state index contributed by atoms with van der Waals surface area (Å²) in [6.45, 7) is 0.176. The number of amides is 2. The van der Waals surface area contributed by atoms with Crippen LogP contribution < -0.4 is 10.6 Å². The lowest BCUT2D eigenvalue weighted by Crippen LogP contribution is -2.24. The number of hydrogen-bond acceptors (Lipinski definition) is 6. The number of benzene rings is 1. The summed E-state index contributed by atoms with van der Waals surface area (Å²) in [6, 6.07) is 11.6. The second-order valence-electron chi connectivity index (χ2n) is 6.16. The second kappa shape index (κ2) is 7.77. The van der Waals surface area contributed by atoms with Gasteiger partial charge in [-0.15, -0.1) is 0 Å². The zero-order valence-corrected chi connectivity index (χ0v) is 15.1. The minimum Gasteiger partial charge on any atom is -0.505 e. The Kier molecular flexibility index (Phi) is 4.85. The number of aromatic amines is 1. The fraction of sp³-hybridized carbons (Fsp3) is 0.0500. The number of pyridine rings is 2. The molecule has 0 aliphatic carbocycles. The van der Waals surface area contributed by atoms with Crippen LogP contribution in [0.15, 0.2) is 61.2 Å². The molecule has 0 fully saturated rings. The van der Waals surface area contributed by atoms with Crippen molar-refractivity contribution in [3.8, 4) is 5.75 Å². The summed E-state index contributed by atoms with van der Waals surface area (Å²) in [6.07, 6.45) is 4.49. The van der Waals surface area contributed by atoms with E-state index in [0.717, 1.165) is 11.1 Å². The van der Waals surface area contributed by atoms with Gasteiger partial charge in [-0.3, -0.25) is 9.59 Å². The van der Waals surface area contributed by atoms with Crippen molar-refractivity contribution in [1.29, 1.82) is 0 Å². The fourth-order valence-corrected chi connectivity index (χ4v) is 2.82. The van der Waals surface area contributed by atoms with Gasteiger partial charge in [0.05, 0.1) is 17.4 Å². The molecule has 4 rings (SSSR count). The first-order chi connectivity index (χ1) is 14.1. The van der Waals surface area contributed by atoms with E-state index in [1.165, 1.54) is 30.9 Å². The van der Waals surface area contributed by atoms with Gasteiger partial charge >= 0.3 is 0 Å². The zero-order valence-electron chi connectivity index (χ0n) is 15.1. The molecule has 2 amide bonds. The Bertz CT molecular complexity index is 1200. The quantitative estimate of drug-likeness (QED) is 0.414. The van der Waals surface area contributed by atoms with E-state index in [1.54, 1.807) is 24.3 Å². The van der Waals surface area contributed by atoms with E-state index >= 15 is 0 Å². The minimum absolute atomic E-state index is 0.0535. The third-order valence-electron chi connectivity index (χ3n) is 4.21. The van der Waals surface area contributed by atoms with Gasteiger partial charge in [0.25, 0.3) is 11.8 Å². The lowest BCUT2D eigenvalue weighted by atomic mass is 10.1. The topological polar surface area (TPSA) is 133 Å². The molecular formula is C20H16N6O3. The summed E-state index contributed by atoms with van der Waals surface area (Å²) in [5.41, 5.74) is 2.43. The van der Waals surface area contributed by atoms with Gasteiger partial charge in [0.15, 0.2) is 5.69 Å². The van der Waals surface area contributed by atoms with Crippen molar-refractivity contribution in [1.82, 2.24) is 25.3 Å². The van der Waals surface area contributed by atoms with Gasteiger partial charge in [-0.2, -0.15) is 0 Å². The molecule has 0 radical (unpaired) electrons. The Hall–Kier alpha value is -4.27. The first-order valence-corrected chi connectivity index (χ1v) is 8.72. The third-order valence-corrected chi connectivity index (χ3v) is 4.21. The van der Waals surface area contributed by atoms with Crippen LogP contribution in [0.2, 0.25) is 0 Å². The number of carbonyl (C=O) groups is 2. The van der Waals surface area contributed by atoms with Gasteiger partial charge in [-0.25, -0.2) is 15.0 Å². The van der Waals surface area contributed by atoms with E-state index in [-0.39, 0.29) is 23.9 Å². The smallest absolute Gasteiger partial charge is 0.273 e. The number of imidazole rings is 1. The fourth-order valence-electron chi connectivity index (χ4n) is 2.82. The standard InChI is InChI=1S/C20H16N6O3/c27-15-5-2-7-22-18(15)20(29)23-10-12-6-8-21-16(9-12)26-19(28)13-3-1-4-14-17(13)25-11-24-14/h1-9,11,27H,10H2,(H,23,29)(H,24,25)(H,21,26,28). The number of nitrogens with one attached hydrogen (secondary N) is 3. The molecule has 3 aromatic heterocycles. The average Bonchev–Trinajstić information content (AvgIpc) is 3.21. The minimum atomic E-state index is -0.504. The number of rotatable bonds is 5. The van der Waals surface area contributed by atoms with Crippen molar-refractivity contribution in [3.63, 3.8) is 0 Å². The van der Waals surface area contributed by atoms with Gasteiger partial charge in [0.2, 0.25) is 0 Å². The van der Waals surface area contributed by atoms with Crippen LogP contribution in [-0.2, 0) is 6.54 Å². The van der Waals surface area contributed by atoms with Crippen LogP contribution >= 0.6 is 0 Å². The molecule has 0 atom stereocenters. The molecule has 1 aromatic carbocycles. The first kappa shape index (κ1) is 18.1. The third kappa shape index (κ3) is 3.88. The number of anilines is 1. The van der Waals surface area contributed by atoms with Crippen LogP contribution in [0.3, 0.4) is 0 Å². The Morgan fingerprint density at radius 1 is 1.00 bits per heavy atom. The summed E-state index contributed by atoms with van der Waals surface area (Å²) in [4.78, 5) is 39.9. The molecule has 0 aliphatic heterocycles. The molecule has 4 aromatic rings. The molecule has 3 heterocycles. The van der Waals surface area contributed by atoms with E-state index in [9.17, 15) is 14.7 Å². The van der Waals surface area contributed by atoms with E-state index < -0.39 is 5.91 Å². The van der Waals surface area contributed by atoms with Crippen LogP contribution in [0.1, 0.15) is 26.4 Å². The maximum atomic E-state index is 12.6. The highest BCUT2D eigenvalue weighted by molar-refractivity contribution is 6.11. The summed E-state index contributed by atoms with van der Waals surface area (Å²) < 4.78 is 0. The maximum absolute atomic E-state index is 12.6. The van der Waals surface area contributed by atoms with E-state index in [1.807, 2.05) is 6.07 Å². The number of H-pyrrole nitrogens is 1. The molecule has 9 nitrogen and oxygen atoms in total. The highest BCUT2D eigenvalue weighted by Crippen LogP contribution is 2.17. The number of nitrogens with zero attached hydrogens (tertiary/aromatic N) is 3. The van der Waals surface area contributed by atoms with Crippen molar-refractivity contribution < 1.29 is 14.7 Å². The number of fused-ring (bicyclic) bond motifs is 1. The SMILES string of the molecule is O=C(NCc1ccnc(NC(=O)c2cccc3[nH]cnc23)c1)c1ncccc1O. The molecule has 0 unspecified atom stereocenters. The number of aromatic hydroxyl groups is 1. The van der Waals surface area contributed by atoms with Crippen molar-refractivity contribution in [2.75, 3.05) is 5.32 Å². The van der Waals surface area contributed by atoms with Crippen molar-refractivity contribution in [2.45, 2.75) is 6.54 Å². The molecule has 0 spiro atoms. The summed E-state index contributed by atoms with van der Waals surface area (Å²) in [5.74, 6) is -0.694. The summed E-state index contributed by atoms with van der Waals surface area (Å²) in [7, 11) is 0. The predicted octanol–water partition coefficient (Wildman–Crippen LogP) is 2.24. The highest BCUT2D eigenvalue weighted by Gasteiger charge is 2.14. The average molecular weight is 388 g/mol. The molecule has 0 bridgehead atoms. The largest absolute Gasteiger partial charge is 0.505 e. The first-order valence-electron chi connectivity index (χ1n) is 8.72. The van der Waals surface area contributed by atoms with Crippen LogP contribution in [0, 0.1) is 0 Å².